The first kappa shape index (κ1) is 34.7. The lowest BCUT2D eigenvalue weighted by atomic mass is 9.57. The molecule has 1 saturated carbocycles. The van der Waals surface area contributed by atoms with Gasteiger partial charge in [0.05, 0.1) is 6.10 Å². The molecule has 1 spiro atoms. The molecule has 12 nitrogen and oxygen atoms in total. The van der Waals surface area contributed by atoms with Crippen LogP contribution in [0.25, 0.3) is 0 Å². The Balaban J connectivity index is 1.27. The third kappa shape index (κ3) is 6.37. The molecule has 3 heterocycles. The summed E-state index contributed by atoms with van der Waals surface area (Å²) in [6.45, 7) is 7.00. The number of nitrogens with zero attached hydrogens (tertiary/aromatic N) is 1. The van der Waals surface area contributed by atoms with E-state index in [-0.39, 0.29) is 24.9 Å². The molecule has 6 rings (SSSR count). The summed E-state index contributed by atoms with van der Waals surface area (Å²) < 4.78 is 35.3. The SMILES string of the molecule is CO[C@H]1C[C@H]2C=CC3C4C(O)[C@@H](C)[C@@H](OC(=O)C5=CC=CC5)[C@@H]3O[C@]42/C(C)=C/[C@@H](C)[C@@H]([C@@H](C)OC(=O)C(=O)OCc2ccncc2)OC1=O. The van der Waals surface area contributed by atoms with Crippen molar-refractivity contribution in [3.05, 3.63) is 77.7 Å². The zero-order valence-corrected chi connectivity index (χ0v) is 28.2. The molecule has 2 aliphatic heterocycles. The Labute approximate surface area is 285 Å². The largest absolute Gasteiger partial charge is 0.456 e. The van der Waals surface area contributed by atoms with E-state index in [4.69, 9.17) is 28.4 Å². The van der Waals surface area contributed by atoms with Gasteiger partial charge < -0.3 is 33.5 Å². The highest BCUT2D eigenvalue weighted by atomic mass is 16.6. The van der Waals surface area contributed by atoms with Crippen LogP contribution in [0.15, 0.2) is 72.1 Å². The summed E-state index contributed by atoms with van der Waals surface area (Å²) in [5.41, 5.74) is 0.927. The maximum absolute atomic E-state index is 13.6. The van der Waals surface area contributed by atoms with E-state index in [2.05, 4.69) is 4.98 Å². The number of hydrogen-bond donors (Lipinski definition) is 1. The molecular formula is C37H43NO11. The molecule has 2 fully saturated rings. The van der Waals surface area contributed by atoms with Crippen LogP contribution in [0.3, 0.4) is 0 Å². The Morgan fingerprint density at radius 1 is 1.14 bits per heavy atom. The second-order valence-corrected chi connectivity index (χ2v) is 13.6. The first-order valence-corrected chi connectivity index (χ1v) is 16.8. The van der Waals surface area contributed by atoms with E-state index in [1.165, 1.54) is 19.5 Å². The normalized spacial score (nSPS) is 37.9. The molecule has 0 aromatic carbocycles. The predicted octanol–water partition coefficient (Wildman–Crippen LogP) is 3.33. The minimum absolute atomic E-state index is 0.141. The van der Waals surface area contributed by atoms with Crippen molar-refractivity contribution in [3.8, 4) is 0 Å². The Morgan fingerprint density at radius 3 is 2.59 bits per heavy atom. The molecule has 1 N–H and O–H groups in total. The van der Waals surface area contributed by atoms with Crippen molar-refractivity contribution in [3.63, 3.8) is 0 Å². The highest BCUT2D eigenvalue weighted by molar-refractivity contribution is 6.29. The lowest BCUT2D eigenvalue weighted by Crippen LogP contribution is -2.57. The highest BCUT2D eigenvalue weighted by Crippen LogP contribution is 2.61. The van der Waals surface area contributed by atoms with E-state index in [1.54, 1.807) is 25.1 Å². The number of carbonyl (C=O) groups is 4. The summed E-state index contributed by atoms with van der Waals surface area (Å²) in [6, 6.07) is 3.30. The van der Waals surface area contributed by atoms with Crippen LogP contribution in [0, 0.1) is 29.6 Å². The third-order valence-corrected chi connectivity index (χ3v) is 10.7. The summed E-state index contributed by atoms with van der Waals surface area (Å²) in [5, 5.41) is 11.9. The summed E-state index contributed by atoms with van der Waals surface area (Å²) in [4.78, 5) is 55.9. The molecular weight excluding hydrogens is 634 g/mol. The van der Waals surface area contributed by atoms with Crippen LogP contribution in [0.2, 0.25) is 0 Å². The Bertz CT molecular complexity index is 1580. The molecule has 12 atom stereocenters. The van der Waals surface area contributed by atoms with Crippen LogP contribution in [-0.2, 0) is 54.2 Å². The topological polar surface area (TPSA) is 157 Å². The summed E-state index contributed by atoms with van der Waals surface area (Å²) >= 11 is 0. The molecule has 1 aromatic rings. The average molecular weight is 678 g/mol. The summed E-state index contributed by atoms with van der Waals surface area (Å²) in [7, 11) is 1.41. The van der Waals surface area contributed by atoms with Crippen LogP contribution in [0.1, 0.15) is 46.1 Å². The van der Waals surface area contributed by atoms with Crippen molar-refractivity contribution in [2.24, 2.45) is 29.6 Å². The number of methoxy groups -OCH3 is 1. The van der Waals surface area contributed by atoms with Gasteiger partial charge in [0.25, 0.3) is 0 Å². The monoisotopic (exact) mass is 677 g/mol. The molecule has 5 aliphatic rings. The van der Waals surface area contributed by atoms with E-state index in [0.29, 0.717) is 17.6 Å². The number of esters is 4. The minimum atomic E-state index is -1.22. The molecule has 4 bridgehead atoms. The number of cyclic esters (lactones) is 1. The molecule has 3 unspecified atom stereocenters. The average Bonchev–Trinajstić information content (AvgIpc) is 3.70. The van der Waals surface area contributed by atoms with Gasteiger partial charge in [0.15, 0.2) is 6.10 Å². The molecule has 12 heteroatoms. The Kier molecular flexibility index (Phi) is 9.93. The van der Waals surface area contributed by atoms with Crippen molar-refractivity contribution in [2.75, 3.05) is 7.11 Å². The van der Waals surface area contributed by atoms with E-state index < -0.39 is 83.9 Å². The van der Waals surface area contributed by atoms with Crippen LogP contribution < -0.4 is 0 Å². The predicted molar refractivity (Wildman–Crippen MR) is 172 cm³/mol. The van der Waals surface area contributed by atoms with Gasteiger partial charge in [-0.25, -0.2) is 19.2 Å². The van der Waals surface area contributed by atoms with Gasteiger partial charge in [-0.3, -0.25) is 4.98 Å². The fourth-order valence-electron chi connectivity index (χ4n) is 8.25. The number of pyridine rings is 1. The van der Waals surface area contributed by atoms with E-state index >= 15 is 0 Å². The van der Waals surface area contributed by atoms with Gasteiger partial charge in [-0.2, -0.15) is 0 Å². The van der Waals surface area contributed by atoms with Crippen LogP contribution in [0.4, 0.5) is 0 Å². The molecule has 0 amide bonds. The number of rotatable bonds is 7. The number of ether oxygens (including phenoxy) is 6. The van der Waals surface area contributed by atoms with Gasteiger partial charge >= 0.3 is 23.9 Å². The van der Waals surface area contributed by atoms with Gasteiger partial charge in [0, 0.05) is 54.7 Å². The standard InChI is InChI=1S/C37H43NO11/c1-19-16-20(2)37-25(10-11-26-28(37)29(39)21(3)31(32(26)49-37)48-33(40)24-8-6-7-9-24)17-27(44-5)34(41)47-30(19)22(4)46-36(43)35(42)45-18-23-12-14-38-15-13-23/h6-8,10-16,19,21-22,25-32,39H,9,17-18H2,1-5H3/b20-16+/t19-,21-,22-,25-,26?,27+,28?,29?,30+,31-,32-,37+/m1/s1. The molecule has 1 aromatic heterocycles. The molecule has 3 aliphatic carbocycles. The third-order valence-electron chi connectivity index (χ3n) is 10.7. The number of aliphatic hydroxyl groups excluding tert-OH is 1. The number of hydrogen-bond acceptors (Lipinski definition) is 12. The smallest absolute Gasteiger partial charge is 0.417 e. The van der Waals surface area contributed by atoms with Crippen molar-refractivity contribution in [2.45, 2.75) is 89.4 Å². The second kappa shape index (κ2) is 14.0. The fraction of sp³-hybridized carbons (Fsp3) is 0.541. The maximum atomic E-state index is 13.6. The minimum Gasteiger partial charge on any atom is -0.456 e. The van der Waals surface area contributed by atoms with Crippen molar-refractivity contribution in [1.82, 2.24) is 4.98 Å². The Morgan fingerprint density at radius 2 is 1.90 bits per heavy atom. The van der Waals surface area contributed by atoms with Crippen molar-refractivity contribution in [1.29, 1.82) is 0 Å². The van der Waals surface area contributed by atoms with E-state index in [9.17, 15) is 24.3 Å². The first-order chi connectivity index (χ1) is 23.5. The van der Waals surface area contributed by atoms with Gasteiger partial charge in [-0.1, -0.05) is 50.3 Å². The number of allylic oxidation sites excluding steroid dienone is 3. The van der Waals surface area contributed by atoms with Crippen molar-refractivity contribution >= 4 is 23.9 Å². The lowest BCUT2D eigenvalue weighted by Gasteiger charge is -2.49. The van der Waals surface area contributed by atoms with Crippen LogP contribution in [-0.4, -0.2) is 83.3 Å². The highest BCUT2D eigenvalue weighted by Gasteiger charge is 2.69. The summed E-state index contributed by atoms with van der Waals surface area (Å²) in [6.07, 6.45) is 9.89. The molecule has 1 saturated heterocycles. The number of carbonyl (C=O) groups excluding carboxylic acids is 4. The van der Waals surface area contributed by atoms with E-state index in [0.717, 1.165) is 5.57 Å². The van der Waals surface area contributed by atoms with Gasteiger partial charge in [-0.15, -0.1) is 0 Å². The second-order valence-electron chi connectivity index (χ2n) is 13.6. The first-order valence-electron chi connectivity index (χ1n) is 16.8. The zero-order valence-electron chi connectivity index (χ0n) is 28.2. The van der Waals surface area contributed by atoms with Crippen LogP contribution >= 0.6 is 0 Å². The summed E-state index contributed by atoms with van der Waals surface area (Å²) in [5.74, 6) is -5.51. The lowest BCUT2D eigenvalue weighted by molar-refractivity contribution is -0.184. The van der Waals surface area contributed by atoms with E-state index in [1.807, 2.05) is 51.2 Å². The number of aromatic nitrogens is 1. The molecule has 49 heavy (non-hydrogen) atoms. The van der Waals surface area contributed by atoms with Gasteiger partial charge in [-0.05, 0) is 50.0 Å². The van der Waals surface area contributed by atoms with Crippen LogP contribution in [0.5, 0.6) is 0 Å². The quantitative estimate of drug-likeness (QED) is 0.195. The Hall–Kier alpha value is -4.13. The van der Waals surface area contributed by atoms with Crippen molar-refractivity contribution < 1.29 is 52.7 Å². The molecule has 0 radical (unpaired) electrons. The number of aliphatic hydroxyl groups is 1. The van der Waals surface area contributed by atoms with Gasteiger partial charge in [0.1, 0.15) is 36.6 Å². The molecule has 262 valence electrons. The zero-order chi connectivity index (χ0) is 35.0. The van der Waals surface area contributed by atoms with Gasteiger partial charge in [0.2, 0.25) is 0 Å². The maximum Gasteiger partial charge on any atom is 0.417 e. The fourth-order valence-corrected chi connectivity index (χ4v) is 8.25.